The normalized spacial score (nSPS) is 11.6. The molecule has 0 atom stereocenters. The van der Waals surface area contributed by atoms with Crippen LogP contribution in [0.15, 0.2) is 50.9 Å². The third-order valence-electron chi connectivity index (χ3n) is 2.37. The van der Waals surface area contributed by atoms with E-state index in [0.717, 1.165) is 4.68 Å². The molecule has 0 unspecified atom stereocenters. The SMILES string of the molecule is Nn1c(SC/C(Cl)=C/Cl)nnc(-c2ccccc2)c1=O. The Kier molecular flexibility index (Phi) is 5.05. The topological polar surface area (TPSA) is 73.8 Å². The van der Waals surface area contributed by atoms with Gasteiger partial charge >= 0.3 is 0 Å². The van der Waals surface area contributed by atoms with Crippen LogP contribution in [0.4, 0.5) is 0 Å². The summed E-state index contributed by atoms with van der Waals surface area (Å²) < 4.78 is 0.957. The zero-order valence-electron chi connectivity index (χ0n) is 10.2. The highest BCUT2D eigenvalue weighted by atomic mass is 35.5. The predicted octanol–water partition coefficient (Wildman–Crippen LogP) is 2.43. The molecule has 5 nitrogen and oxygen atoms in total. The van der Waals surface area contributed by atoms with Gasteiger partial charge in [-0.05, 0) is 0 Å². The molecule has 0 aliphatic carbocycles. The number of halogens is 2. The van der Waals surface area contributed by atoms with Gasteiger partial charge in [0.1, 0.15) is 0 Å². The molecule has 0 spiro atoms. The first kappa shape index (κ1) is 14.9. The van der Waals surface area contributed by atoms with E-state index in [2.05, 4.69) is 10.2 Å². The molecule has 104 valence electrons. The van der Waals surface area contributed by atoms with Crippen LogP contribution in [-0.4, -0.2) is 20.6 Å². The van der Waals surface area contributed by atoms with Gasteiger partial charge in [0.25, 0.3) is 5.56 Å². The highest BCUT2D eigenvalue weighted by molar-refractivity contribution is 7.99. The van der Waals surface area contributed by atoms with Crippen LogP contribution < -0.4 is 11.4 Å². The van der Waals surface area contributed by atoms with Gasteiger partial charge in [0, 0.05) is 21.9 Å². The average Bonchev–Trinajstić information content (AvgIpc) is 2.49. The molecular weight excluding hydrogens is 319 g/mol. The molecule has 2 N–H and O–H groups in total. The van der Waals surface area contributed by atoms with Crippen LogP contribution in [0.5, 0.6) is 0 Å². The Morgan fingerprint density at radius 1 is 1.35 bits per heavy atom. The van der Waals surface area contributed by atoms with Gasteiger partial charge in [-0.15, -0.1) is 10.2 Å². The molecule has 8 heteroatoms. The molecule has 20 heavy (non-hydrogen) atoms. The second-order valence-electron chi connectivity index (χ2n) is 3.72. The molecule has 1 aromatic carbocycles. The van der Waals surface area contributed by atoms with Gasteiger partial charge in [0.2, 0.25) is 5.16 Å². The maximum atomic E-state index is 12.2. The van der Waals surface area contributed by atoms with Crippen molar-refractivity contribution in [3.8, 4) is 11.3 Å². The number of rotatable bonds is 4. The summed E-state index contributed by atoms with van der Waals surface area (Å²) in [5, 5.41) is 8.58. The number of nitrogens with zero attached hydrogens (tertiary/aromatic N) is 3. The first-order valence-corrected chi connectivity index (χ1v) is 7.31. The lowest BCUT2D eigenvalue weighted by molar-refractivity contribution is 0.704. The minimum absolute atomic E-state index is 0.205. The fourth-order valence-electron chi connectivity index (χ4n) is 1.43. The molecule has 0 amide bonds. The molecule has 2 rings (SSSR count). The lowest BCUT2D eigenvalue weighted by atomic mass is 10.2. The van der Waals surface area contributed by atoms with Gasteiger partial charge < -0.3 is 5.84 Å². The number of benzene rings is 1. The molecule has 0 aliphatic rings. The molecule has 0 radical (unpaired) electrons. The van der Waals surface area contributed by atoms with Crippen molar-refractivity contribution >= 4 is 35.0 Å². The summed E-state index contributed by atoms with van der Waals surface area (Å²) in [6.07, 6.45) is 0. The first-order chi connectivity index (χ1) is 9.63. The quantitative estimate of drug-likeness (QED) is 0.689. The Hall–Kier alpha value is -1.50. The van der Waals surface area contributed by atoms with E-state index in [1.165, 1.54) is 17.3 Å². The van der Waals surface area contributed by atoms with Crippen LogP contribution >= 0.6 is 35.0 Å². The van der Waals surface area contributed by atoms with Crippen molar-refractivity contribution in [1.29, 1.82) is 0 Å². The van der Waals surface area contributed by atoms with Crippen LogP contribution in [0.1, 0.15) is 0 Å². The number of aromatic nitrogens is 3. The standard InChI is InChI=1S/C12H10Cl2N4OS/c13-6-9(14)7-20-12-17-16-10(11(19)18(12)15)8-4-2-1-3-5-8/h1-6H,7,15H2/b9-6-. The molecule has 0 bridgehead atoms. The Balaban J connectivity index is 2.33. The predicted molar refractivity (Wildman–Crippen MR) is 82.4 cm³/mol. The maximum absolute atomic E-state index is 12.2. The summed E-state index contributed by atoms with van der Waals surface area (Å²) in [7, 11) is 0. The van der Waals surface area contributed by atoms with Crippen LogP contribution in [0.3, 0.4) is 0 Å². The minimum Gasteiger partial charge on any atom is -0.334 e. The first-order valence-electron chi connectivity index (χ1n) is 5.51. The Labute approximate surface area is 129 Å². The number of nitrogens with two attached hydrogens (primary N) is 1. The van der Waals surface area contributed by atoms with Crippen molar-refractivity contribution in [3.05, 3.63) is 51.3 Å². The molecule has 0 aliphatic heterocycles. The van der Waals surface area contributed by atoms with Crippen molar-refractivity contribution < 1.29 is 0 Å². The van der Waals surface area contributed by atoms with Gasteiger partial charge in [0.15, 0.2) is 5.69 Å². The Morgan fingerprint density at radius 3 is 2.70 bits per heavy atom. The van der Waals surface area contributed by atoms with Crippen molar-refractivity contribution in [3.63, 3.8) is 0 Å². The van der Waals surface area contributed by atoms with Gasteiger partial charge in [-0.25, -0.2) is 0 Å². The number of thioether (sulfide) groups is 1. The lowest BCUT2D eigenvalue weighted by Crippen LogP contribution is -2.32. The van der Waals surface area contributed by atoms with Gasteiger partial charge in [-0.3, -0.25) is 4.79 Å². The average molecular weight is 329 g/mol. The molecule has 2 aromatic rings. The van der Waals surface area contributed by atoms with Crippen LogP contribution in [0, 0.1) is 0 Å². The second kappa shape index (κ2) is 6.78. The third-order valence-corrected chi connectivity index (χ3v) is 4.14. The van der Waals surface area contributed by atoms with E-state index >= 15 is 0 Å². The molecule has 0 saturated heterocycles. The van der Waals surface area contributed by atoms with E-state index in [9.17, 15) is 4.79 Å². The van der Waals surface area contributed by atoms with Crippen molar-refractivity contribution in [1.82, 2.24) is 14.9 Å². The van der Waals surface area contributed by atoms with Crippen molar-refractivity contribution in [2.45, 2.75) is 5.16 Å². The fourth-order valence-corrected chi connectivity index (χ4v) is 2.43. The summed E-state index contributed by atoms with van der Waals surface area (Å²) in [4.78, 5) is 12.2. The van der Waals surface area contributed by atoms with Crippen LogP contribution in [-0.2, 0) is 0 Å². The fraction of sp³-hybridized carbons (Fsp3) is 0.0833. The summed E-state index contributed by atoms with van der Waals surface area (Å²) in [6.45, 7) is 0. The molecular formula is C12H10Cl2N4OS. The number of hydrogen-bond donors (Lipinski definition) is 1. The van der Waals surface area contributed by atoms with Gasteiger partial charge in [0.05, 0.1) is 0 Å². The zero-order valence-corrected chi connectivity index (χ0v) is 12.5. The molecule has 1 aromatic heterocycles. The van der Waals surface area contributed by atoms with Gasteiger partial charge in [-0.1, -0.05) is 65.3 Å². The molecule has 0 saturated carbocycles. The maximum Gasteiger partial charge on any atom is 0.299 e. The van der Waals surface area contributed by atoms with E-state index in [1.54, 1.807) is 12.1 Å². The van der Waals surface area contributed by atoms with Crippen LogP contribution in [0.2, 0.25) is 0 Å². The highest BCUT2D eigenvalue weighted by Gasteiger charge is 2.12. The monoisotopic (exact) mass is 328 g/mol. The van der Waals surface area contributed by atoms with E-state index in [-0.39, 0.29) is 10.9 Å². The summed E-state index contributed by atoms with van der Waals surface area (Å²) in [6, 6.07) is 9.01. The summed E-state index contributed by atoms with van der Waals surface area (Å²) in [5.41, 5.74) is 1.70. The molecule has 1 heterocycles. The highest BCUT2D eigenvalue weighted by Crippen LogP contribution is 2.19. The third kappa shape index (κ3) is 3.33. The van der Waals surface area contributed by atoms with E-state index in [1.807, 2.05) is 18.2 Å². The second-order valence-corrected chi connectivity index (χ2v) is 5.36. The van der Waals surface area contributed by atoms with Crippen LogP contribution in [0.25, 0.3) is 11.3 Å². The van der Waals surface area contributed by atoms with Crippen molar-refractivity contribution in [2.24, 2.45) is 0 Å². The zero-order chi connectivity index (χ0) is 14.5. The van der Waals surface area contributed by atoms with E-state index in [4.69, 9.17) is 29.0 Å². The number of hydrogen-bond acceptors (Lipinski definition) is 5. The summed E-state index contributed by atoms with van der Waals surface area (Å²) >= 11 is 12.4. The smallest absolute Gasteiger partial charge is 0.299 e. The molecule has 0 fully saturated rings. The largest absolute Gasteiger partial charge is 0.334 e. The van der Waals surface area contributed by atoms with E-state index in [0.29, 0.717) is 16.3 Å². The van der Waals surface area contributed by atoms with Crippen molar-refractivity contribution in [2.75, 3.05) is 11.6 Å². The van der Waals surface area contributed by atoms with E-state index < -0.39 is 5.56 Å². The van der Waals surface area contributed by atoms with Gasteiger partial charge in [-0.2, -0.15) is 4.68 Å². The minimum atomic E-state index is -0.417. The Morgan fingerprint density at radius 2 is 2.05 bits per heavy atom. The lowest BCUT2D eigenvalue weighted by Gasteiger charge is -2.07. The number of nitrogen functional groups attached to an aromatic ring is 1. The summed E-state index contributed by atoms with van der Waals surface area (Å²) in [5.74, 6) is 6.10. The Bertz CT molecular complexity index is 688.